The Balaban J connectivity index is 0.000000572. The Bertz CT molecular complexity index is 1200. The molecule has 2 aromatic rings. The van der Waals surface area contributed by atoms with Crippen LogP contribution in [0.5, 0.6) is 5.75 Å². The second-order valence-corrected chi connectivity index (χ2v) is 9.73. The Labute approximate surface area is 210 Å². The number of carboxylic acids is 2. The molecule has 1 aliphatic rings. The number of alkyl halides is 3. The molecule has 0 saturated carbocycles. The predicted molar refractivity (Wildman–Crippen MR) is 127 cm³/mol. The number of aliphatic carboxylic acids is 1. The molecule has 0 atom stereocenters. The first-order valence-electron chi connectivity index (χ1n) is 10.5. The number of hydrogen-bond donors (Lipinski definition) is 3. The van der Waals surface area contributed by atoms with Gasteiger partial charge in [0.05, 0.1) is 28.3 Å². The maximum atomic E-state index is 12.7. The number of nitrogens with one attached hydrogen (secondary N) is 1. The summed E-state index contributed by atoms with van der Waals surface area (Å²) in [6.45, 7) is 1.57. The Morgan fingerprint density at radius 2 is 1.61 bits per heavy atom. The Morgan fingerprint density at radius 1 is 1.03 bits per heavy atom. The van der Waals surface area contributed by atoms with Gasteiger partial charge in [-0.3, -0.25) is 4.72 Å². The summed E-state index contributed by atoms with van der Waals surface area (Å²) in [7, 11) is -2.51. The Kier molecular flexibility index (Phi) is 9.82. The van der Waals surface area contributed by atoms with Crippen molar-refractivity contribution >= 4 is 44.9 Å². The summed E-state index contributed by atoms with van der Waals surface area (Å²) in [4.78, 5) is 22.7. The predicted octanol–water partition coefficient (Wildman–Crippen LogP) is 4.86. The summed E-state index contributed by atoms with van der Waals surface area (Å²) in [6, 6.07) is 8.71. The summed E-state index contributed by atoms with van der Waals surface area (Å²) in [5.41, 5.74) is 0.850. The second-order valence-electron chi connectivity index (χ2n) is 7.64. The van der Waals surface area contributed by atoms with E-state index in [1.165, 1.54) is 31.4 Å². The van der Waals surface area contributed by atoms with Crippen LogP contribution >= 0.6 is 11.6 Å². The zero-order valence-corrected chi connectivity index (χ0v) is 20.6. The highest BCUT2D eigenvalue weighted by Crippen LogP contribution is 2.30. The first kappa shape index (κ1) is 29.0. The molecule has 0 bridgehead atoms. The van der Waals surface area contributed by atoms with Gasteiger partial charge in [-0.15, -0.1) is 0 Å². The summed E-state index contributed by atoms with van der Waals surface area (Å²) in [5, 5.41) is 17.0. The van der Waals surface area contributed by atoms with Crippen molar-refractivity contribution in [1.29, 1.82) is 0 Å². The molecule has 2 aromatic carbocycles. The van der Waals surface area contributed by atoms with Crippen LogP contribution in [0.2, 0.25) is 5.02 Å². The van der Waals surface area contributed by atoms with Crippen LogP contribution < -0.4 is 14.4 Å². The first-order valence-corrected chi connectivity index (χ1v) is 12.4. The third kappa shape index (κ3) is 7.92. The third-order valence-corrected chi connectivity index (χ3v) is 6.78. The van der Waals surface area contributed by atoms with Gasteiger partial charge in [0.25, 0.3) is 10.0 Å². The minimum atomic E-state index is -5.08. The number of carbonyl (C=O) groups is 2. The average Bonchev–Trinajstić information content (AvgIpc) is 3.08. The monoisotopic (exact) mass is 552 g/mol. The number of carboxylic acid groups (broad SMARTS) is 2. The van der Waals surface area contributed by atoms with Crippen molar-refractivity contribution in [2.24, 2.45) is 0 Å². The molecule has 0 amide bonds. The van der Waals surface area contributed by atoms with Crippen LogP contribution in [0.4, 0.5) is 24.5 Å². The maximum absolute atomic E-state index is 12.7. The number of methoxy groups -OCH3 is 1. The molecule has 0 radical (unpaired) electrons. The van der Waals surface area contributed by atoms with Crippen molar-refractivity contribution in [2.75, 3.05) is 29.8 Å². The summed E-state index contributed by atoms with van der Waals surface area (Å²) < 4.78 is 64.6. The van der Waals surface area contributed by atoms with E-state index in [0.29, 0.717) is 11.4 Å². The zero-order valence-electron chi connectivity index (χ0n) is 19.0. The zero-order chi connectivity index (χ0) is 27.1. The van der Waals surface area contributed by atoms with Crippen molar-refractivity contribution < 1.29 is 46.1 Å². The second kappa shape index (κ2) is 12.2. The van der Waals surface area contributed by atoms with Gasteiger partial charge in [0.15, 0.2) is 0 Å². The lowest BCUT2D eigenvalue weighted by Gasteiger charge is -2.25. The van der Waals surface area contributed by atoms with Crippen LogP contribution in [0.3, 0.4) is 0 Å². The molecule has 0 unspecified atom stereocenters. The molecule has 1 aliphatic heterocycles. The number of nitrogens with zero attached hydrogens (tertiary/aromatic N) is 1. The fourth-order valence-corrected chi connectivity index (χ4v) is 4.78. The largest absolute Gasteiger partial charge is 0.495 e. The third-order valence-electron chi connectivity index (χ3n) is 5.10. The Morgan fingerprint density at radius 3 is 2.08 bits per heavy atom. The molecule has 14 heteroatoms. The van der Waals surface area contributed by atoms with Gasteiger partial charge in [-0.05, 0) is 49.2 Å². The molecule has 3 rings (SSSR count). The van der Waals surface area contributed by atoms with Gasteiger partial charge in [-0.1, -0.05) is 24.4 Å². The van der Waals surface area contributed by atoms with Gasteiger partial charge in [0.1, 0.15) is 5.75 Å². The van der Waals surface area contributed by atoms with Gasteiger partial charge < -0.3 is 19.8 Å². The minimum Gasteiger partial charge on any atom is -0.495 e. The van der Waals surface area contributed by atoms with Crippen LogP contribution in [-0.2, 0) is 14.8 Å². The van der Waals surface area contributed by atoms with Crippen molar-refractivity contribution in [3.63, 3.8) is 0 Å². The number of halogens is 4. The molecule has 198 valence electrons. The van der Waals surface area contributed by atoms with E-state index >= 15 is 0 Å². The standard InChI is InChI=1S/C20H23ClN2O5S.C2HF3O2/c1-28-19-9-7-15(13-17(19)21)29(26,27)22-14-6-8-18(16(12-14)20(24)25)23-10-4-2-3-5-11-23;3-2(4,5)1(6)7/h6-9,12-13,22H,2-5,10-11H2,1H3,(H,24,25);(H,6,7). The highest BCUT2D eigenvalue weighted by molar-refractivity contribution is 7.92. The lowest BCUT2D eigenvalue weighted by Crippen LogP contribution is -2.26. The summed E-state index contributed by atoms with van der Waals surface area (Å²) >= 11 is 6.02. The number of aromatic carboxylic acids is 1. The average molecular weight is 553 g/mol. The molecule has 1 heterocycles. The lowest BCUT2D eigenvalue weighted by molar-refractivity contribution is -0.192. The van der Waals surface area contributed by atoms with E-state index in [1.54, 1.807) is 12.1 Å². The number of anilines is 2. The molecule has 0 spiro atoms. The SMILES string of the molecule is COc1ccc(S(=O)(=O)Nc2ccc(N3CCCCCC3)c(C(=O)O)c2)cc1Cl.O=C(O)C(F)(F)F. The lowest BCUT2D eigenvalue weighted by atomic mass is 10.1. The molecule has 1 saturated heterocycles. The number of ether oxygens (including phenoxy) is 1. The number of hydrogen-bond acceptors (Lipinski definition) is 6. The summed E-state index contributed by atoms with van der Waals surface area (Å²) in [5.74, 6) is -3.49. The molecule has 3 N–H and O–H groups in total. The molecule has 0 aliphatic carbocycles. The van der Waals surface area contributed by atoms with Crippen LogP contribution in [-0.4, -0.2) is 56.9 Å². The molecular formula is C22H24ClF3N2O7S. The van der Waals surface area contributed by atoms with Crippen molar-refractivity contribution in [1.82, 2.24) is 0 Å². The van der Waals surface area contributed by atoms with E-state index in [4.69, 9.17) is 26.2 Å². The number of benzene rings is 2. The van der Waals surface area contributed by atoms with Crippen LogP contribution in [0, 0.1) is 0 Å². The van der Waals surface area contributed by atoms with E-state index in [-0.39, 0.29) is 21.2 Å². The summed E-state index contributed by atoms with van der Waals surface area (Å²) in [6.07, 6.45) is -0.820. The van der Waals surface area contributed by atoms with Crippen LogP contribution in [0.25, 0.3) is 0 Å². The highest BCUT2D eigenvalue weighted by atomic mass is 35.5. The van der Waals surface area contributed by atoms with Crippen LogP contribution in [0.1, 0.15) is 36.0 Å². The Hall–Kier alpha value is -3.19. The first-order chi connectivity index (χ1) is 16.8. The molecule has 36 heavy (non-hydrogen) atoms. The fourth-order valence-electron chi connectivity index (χ4n) is 3.39. The van der Waals surface area contributed by atoms with Crippen molar-refractivity contribution in [2.45, 2.75) is 36.8 Å². The number of sulfonamides is 1. The van der Waals surface area contributed by atoms with Crippen molar-refractivity contribution in [3.05, 3.63) is 47.0 Å². The quantitative estimate of drug-likeness (QED) is 0.462. The van der Waals surface area contributed by atoms with Gasteiger partial charge in [-0.25, -0.2) is 18.0 Å². The molecular weight excluding hydrogens is 529 g/mol. The van der Waals surface area contributed by atoms with Gasteiger partial charge in [0, 0.05) is 18.8 Å². The molecule has 0 aromatic heterocycles. The van der Waals surface area contributed by atoms with E-state index in [0.717, 1.165) is 38.8 Å². The fraction of sp³-hybridized carbons (Fsp3) is 0.364. The number of rotatable bonds is 6. The van der Waals surface area contributed by atoms with Gasteiger partial charge in [-0.2, -0.15) is 13.2 Å². The van der Waals surface area contributed by atoms with E-state index < -0.39 is 28.1 Å². The molecule has 9 nitrogen and oxygen atoms in total. The van der Waals surface area contributed by atoms with Gasteiger partial charge >= 0.3 is 18.1 Å². The normalized spacial score (nSPS) is 14.2. The van der Waals surface area contributed by atoms with Crippen LogP contribution in [0.15, 0.2) is 41.3 Å². The topological polar surface area (TPSA) is 133 Å². The van der Waals surface area contributed by atoms with E-state index in [1.807, 2.05) is 0 Å². The molecule has 1 fully saturated rings. The minimum absolute atomic E-state index is 0.0447. The van der Waals surface area contributed by atoms with Gasteiger partial charge in [0.2, 0.25) is 0 Å². The van der Waals surface area contributed by atoms with E-state index in [9.17, 15) is 31.5 Å². The van der Waals surface area contributed by atoms with E-state index in [2.05, 4.69) is 9.62 Å². The smallest absolute Gasteiger partial charge is 0.490 e. The highest BCUT2D eigenvalue weighted by Gasteiger charge is 2.38. The maximum Gasteiger partial charge on any atom is 0.490 e. The van der Waals surface area contributed by atoms with Crippen molar-refractivity contribution in [3.8, 4) is 5.75 Å².